The van der Waals surface area contributed by atoms with Crippen molar-refractivity contribution in [2.45, 2.75) is 38.8 Å². The molecule has 4 rings (SSSR count). The fraction of sp³-hybridized carbons (Fsp3) is 0.226. The summed E-state index contributed by atoms with van der Waals surface area (Å²) in [6.45, 7) is 0.318. The smallest absolute Gasteiger partial charge is 0.422 e. The predicted molar refractivity (Wildman–Crippen MR) is 136 cm³/mol. The molecule has 0 aromatic heterocycles. The highest BCUT2D eigenvalue weighted by Gasteiger charge is 2.29. The van der Waals surface area contributed by atoms with Crippen molar-refractivity contribution in [2.75, 3.05) is 6.61 Å². The standard InChI is InChI=1S/C31H24F6O/c1-2-3-20-4-6-21(7-5-20)8-9-22-11-15-26-25(16-22)14-13-24(29(26)34)12-10-23-17-27(32)30(28(33)18-23)38-19-31(35,36)37/h4-7,11,13-18H,2-3,8-9,19H2,1H3. The van der Waals surface area contributed by atoms with E-state index in [-0.39, 0.29) is 11.1 Å². The van der Waals surface area contributed by atoms with Gasteiger partial charge in [-0.05, 0) is 59.5 Å². The van der Waals surface area contributed by atoms with Crippen molar-refractivity contribution in [2.24, 2.45) is 0 Å². The normalized spacial score (nSPS) is 11.3. The third-order valence-corrected chi connectivity index (χ3v) is 6.00. The highest BCUT2D eigenvalue weighted by Crippen LogP contribution is 2.26. The quantitative estimate of drug-likeness (QED) is 0.174. The van der Waals surface area contributed by atoms with Crippen molar-refractivity contribution in [3.63, 3.8) is 0 Å². The largest absolute Gasteiger partial charge is 0.478 e. The highest BCUT2D eigenvalue weighted by molar-refractivity contribution is 5.85. The fourth-order valence-electron chi connectivity index (χ4n) is 4.11. The SMILES string of the molecule is CCCc1ccc(CCc2ccc3c(F)c(C#Cc4cc(F)c(OCC(F)(F)F)c(F)c4)ccc3c2)cc1. The summed E-state index contributed by atoms with van der Waals surface area (Å²) in [5.74, 6) is 0.631. The molecule has 0 atom stereocenters. The Labute approximate surface area is 217 Å². The maximum absolute atomic E-state index is 15.1. The van der Waals surface area contributed by atoms with E-state index in [4.69, 9.17) is 0 Å². The van der Waals surface area contributed by atoms with Gasteiger partial charge in [-0.1, -0.05) is 73.7 Å². The van der Waals surface area contributed by atoms with E-state index in [1.165, 1.54) is 17.2 Å². The zero-order chi connectivity index (χ0) is 27.3. The van der Waals surface area contributed by atoms with Gasteiger partial charge in [0.05, 0.1) is 5.56 Å². The molecule has 0 radical (unpaired) electrons. The number of aryl methyl sites for hydroxylation is 3. The Hall–Kier alpha value is -3.92. The summed E-state index contributed by atoms with van der Waals surface area (Å²) in [7, 11) is 0. The zero-order valence-corrected chi connectivity index (χ0v) is 20.6. The Balaban J connectivity index is 1.48. The van der Waals surface area contributed by atoms with Crippen LogP contribution in [0.15, 0.2) is 66.7 Å². The molecule has 4 aromatic carbocycles. The minimum atomic E-state index is -4.74. The van der Waals surface area contributed by atoms with Gasteiger partial charge >= 0.3 is 6.18 Å². The fourth-order valence-corrected chi connectivity index (χ4v) is 4.11. The molecule has 0 fully saturated rings. The second-order valence-corrected chi connectivity index (χ2v) is 8.97. The molecule has 0 N–H and O–H groups in total. The van der Waals surface area contributed by atoms with Crippen molar-refractivity contribution in [3.05, 3.63) is 112 Å². The van der Waals surface area contributed by atoms with Crippen molar-refractivity contribution in [1.82, 2.24) is 0 Å². The average Bonchev–Trinajstić information content (AvgIpc) is 2.87. The van der Waals surface area contributed by atoms with Gasteiger partial charge in [0.25, 0.3) is 0 Å². The first-order valence-electron chi connectivity index (χ1n) is 12.1. The van der Waals surface area contributed by atoms with Gasteiger partial charge in [0.2, 0.25) is 0 Å². The second kappa shape index (κ2) is 11.6. The molecule has 4 aromatic rings. The first kappa shape index (κ1) is 27.1. The van der Waals surface area contributed by atoms with Gasteiger partial charge in [0.15, 0.2) is 24.0 Å². The Morgan fingerprint density at radius 3 is 1.95 bits per heavy atom. The van der Waals surface area contributed by atoms with Crippen molar-refractivity contribution < 1.29 is 31.1 Å². The summed E-state index contributed by atoms with van der Waals surface area (Å²) in [6.07, 6.45) is -0.924. The minimum absolute atomic E-state index is 0.0237. The zero-order valence-electron chi connectivity index (χ0n) is 20.6. The van der Waals surface area contributed by atoms with Gasteiger partial charge in [0.1, 0.15) is 5.82 Å². The van der Waals surface area contributed by atoms with Crippen molar-refractivity contribution in [1.29, 1.82) is 0 Å². The van der Waals surface area contributed by atoms with Crippen LogP contribution in [0.5, 0.6) is 5.75 Å². The summed E-state index contributed by atoms with van der Waals surface area (Å²) in [4.78, 5) is 0. The second-order valence-electron chi connectivity index (χ2n) is 8.97. The molecule has 1 nitrogen and oxygen atoms in total. The minimum Gasteiger partial charge on any atom is -0.478 e. The van der Waals surface area contributed by atoms with Gasteiger partial charge in [-0.2, -0.15) is 13.2 Å². The van der Waals surface area contributed by atoms with E-state index >= 15 is 4.39 Å². The molecular formula is C31H24F6O. The first-order valence-corrected chi connectivity index (χ1v) is 12.1. The molecule has 0 aliphatic rings. The molecule has 0 saturated heterocycles. The van der Waals surface area contributed by atoms with Crippen LogP contribution in [0.1, 0.15) is 41.2 Å². The summed E-state index contributed by atoms with van der Waals surface area (Å²) >= 11 is 0. The molecule has 0 aliphatic heterocycles. The van der Waals surface area contributed by atoms with Crippen LogP contribution in [0.2, 0.25) is 0 Å². The van der Waals surface area contributed by atoms with E-state index in [0.717, 1.165) is 43.4 Å². The van der Waals surface area contributed by atoms with Gasteiger partial charge in [-0.3, -0.25) is 0 Å². The maximum atomic E-state index is 15.1. The summed E-state index contributed by atoms with van der Waals surface area (Å²) in [5.41, 5.74) is 3.47. The van der Waals surface area contributed by atoms with Gasteiger partial charge in [0, 0.05) is 10.9 Å². The number of benzene rings is 4. The van der Waals surface area contributed by atoms with E-state index in [1.807, 2.05) is 12.1 Å². The van der Waals surface area contributed by atoms with E-state index in [9.17, 15) is 22.0 Å². The summed E-state index contributed by atoms with van der Waals surface area (Å²) in [6, 6.07) is 18.7. The third-order valence-electron chi connectivity index (χ3n) is 6.00. The maximum Gasteiger partial charge on any atom is 0.422 e. The molecule has 0 heterocycles. The molecule has 0 aliphatic carbocycles. The highest BCUT2D eigenvalue weighted by atomic mass is 19.4. The number of alkyl halides is 3. The van der Waals surface area contributed by atoms with Gasteiger partial charge < -0.3 is 4.74 Å². The topological polar surface area (TPSA) is 9.23 Å². The van der Waals surface area contributed by atoms with Crippen LogP contribution >= 0.6 is 0 Å². The number of rotatable bonds is 7. The molecule has 38 heavy (non-hydrogen) atoms. The molecule has 0 amide bonds. The van der Waals surface area contributed by atoms with Crippen LogP contribution in [-0.2, 0) is 19.3 Å². The summed E-state index contributed by atoms with van der Waals surface area (Å²) in [5, 5.41) is 1.06. The Morgan fingerprint density at radius 1 is 0.711 bits per heavy atom. The van der Waals surface area contributed by atoms with E-state index in [1.54, 1.807) is 12.1 Å². The molecule has 0 spiro atoms. The van der Waals surface area contributed by atoms with E-state index in [2.05, 4.69) is 47.8 Å². The Kier molecular flexibility index (Phi) is 8.31. The number of halogens is 6. The molecular weight excluding hydrogens is 502 g/mol. The lowest BCUT2D eigenvalue weighted by molar-refractivity contribution is -0.154. The molecule has 0 bridgehead atoms. The predicted octanol–water partition coefficient (Wildman–Crippen LogP) is 8.34. The number of fused-ring (bicyclic) bond motifs is 1. The lowest BCUT2D eigenvalue weighted by atomic mass is 9.98. The van der Waals surface area contributed by atoms with Crippen LogP contribution in [0.4, 0.5) is 26.3 Å². The van der Waals surface area contributed by atoms with Crippen molar-refractivity contribution in [3.8, 4) is 17.6 Å². The molecule has 0 unspecified atom stereocenters. The molecule has 7 heteroatoms. The summed E-state index contributed by atoms with van der Waals surface area (Å²) < 4.78 is 84.3. The van der Waals surface area contributed by atoms with Crippen LogP contribution in [0.3, 0.4) is 0 Å². The van der Waals surface area contributed by atoms with E-state index in [0.29, 0.717) is 10.8 Å². The average molecular weight is 527 g/mol. The number of hydrogen-bond donors (Lipinski definition) is 0. The van der Waals surface area contributed by atoms with Crippen molar-refractivity contribution >= 4 is 10.8 Å². The number of hydrogen-bond acceptors (Lipinski definition) is 1. The Morgan fingerprint density at radius 2 is 1.32 bits per heavy atom. The number of ether oxygens (including phenoxy) is 1. The monoisotopic (exact) mass is 526 g/mol. The van der Waals surface area contributed by atoms with Gasteiger partial charge in [-0.25, -0.2) is 13.2 Å². The Bertz CT molecular complexity index is 1470. The van der Waals surface area contributed by atoms with Crippen LogP contribution in [-0.4, -0.2) is 12.8 Å². The van der Waals surface area contributed by atoms with Crippen LogP contribution in [0.25, 0.3) is 10.8 Å². The first-order chi connectivity index (χ1) is 18.1. The van der Waals surface area contributed by atoms with Gasteiger partial charge in [-0.15, -0.1) is 0 Å². The lowest BCUT2D eigenvalue weighted by Crippen LogP contribution is -2.20. The van der Waals surface area contributed by atoms with E-state index < -0.39 is 36.0 Å². The third kappa shape index (κ3) is 6.89. The molecule has 196 valence electrons. The lowest BCUT2D eigenvalue weighted by Gasteiger charge is -2.10. The molecule has 0 saturated carbocycles. The van der Waals surface area contributed by atoms with Crippen LogP contribution < -0.4 is 4.74 Å². The van der Waals surface area contributed by atoms with Crippen LogP contribution in [0, 0.1) is 29.3 Å².